The van der Waals surface area contributed by atoms with Gasteiger partial charge in [-0.3, -0.25) is 14.4 Å². The molecule has 0 aliphatic carbocycles. The summed E-state index contributed by atoms with van der Waals surface area (Å²) in [7, 11) is -3.26. The highest BCUT2D eigenvalue weighted by molar-refractivity contribution is 7.67. The van der Waals surface area contributed by atoms with Crippen LogP contribution in [0, 0.1) is 0 Å². The van der Waals surface area contributed by atoms with Gasteiger partial charge in [0, 0.05) is 6.92 Å². The lowest BCUT2D eigenvalue weighted by Crippen LogP contribution is -2.12. The molecule has 80 valence electrons. The Morgan fingerprint density at radius 3 is 2.00 bits per heavy atom. The van der Waals surface area contributed by atoms with Gasteiger partial charge >= 0.3 is 28.9 Å². The summed E-state index contributed by atoms with van der Waals surface area (Å²) in [6.07, 6.45) is -0.850. The second-order valence-electron chi connectivity index (χ2n) is 2.15. The van der Waals surface area contributed by atoms with Crippen LogP contribution in [-0.2, 0) is 34.3 Å². The third-order valence-electron chi connectivity index (χ3n) is 0.967. The molecule has 0 fully saturated rings. The molecule has 8 heteroatoms. The van der Waals surface area contributed by atoms with Crippen molar-refractivity contribution in [3.63, 3.8) is 0 Å². The molecule has 0 saturated heterocycles. The normalized spacial score (nSPS) is 9.57. The number of ether oxygens (including phenoxy) is 1. The molecule has 0 aliphatic rings. The lowest BCUT2D eigenvalue weighted by molar-refractivity contribution is -0.159. The van der Waals surface area contributed by atoms with Crippen LogP contribution in [0.2, 0.25) is 0 Å². The molecule has 0 aromatic heterocycles. The van der Waals surface area contributed by atoms with E-state index in [2.05, 4.69) is 8.92 Å². The van der Waals surface area contributed by atoms with Crippen LogP contribution in [0.1, 0.15) is 19.8 Å². The van der Waals surface area contributed by atoms with E-state index in [9.17, 15) is 22.8 Å². The first-order chi connectivity index (χ1) is 6.41. The van der Waals surface area contributed by atoms with E-state index in [0.717, 1.165) is 6.92 Å². The van der Waals surface area contributed by atoms with Gasteiger partial charge in [-0.05, 0) is 0 Å². The third-order valence-corrected chi connectivity index (χ3v) is 1.32. The molecule has 0 heterocycles. The first kappa shape index (κ1) is 12.6. The predicted molar refractivity (Wildman–Crippen MR) is 42.4 cm³/mol. The van der Waals surface area contributed by atoms with Gasteiger partial charge in [0.2, 0.25) is 0 Å². The number of esters is 2. The maximum absolute atomic E-state index is 10.6. The molecule has 0 N–H and O–H groups in total. The second-order valence-corrected chi connectivity index (χ2v) is 2.78. The van der Waals surface area contributed by atoms with Gasteiger partial charge in [0.25, 0.3) is 0 Å². The van der Waals surface area contributed by atoms with Crippen LogP contribution in [0.25, 0.3) is 0 Å². The third kappa shape index (κ3) is 7.22. The zero-order valence-electron chi connectivity index (χ0n) is 7.22. The number of carbonyl (C=O) groups excluding carboxylic acids is 3. The van der Waals surface area contributed by atoms with E-state index >= 15 is 0 Å². The first-order valence-corrected chi connectivity index (χ1v) is 4.58. The van der Waals surface area contributed by atoms with Crippen LogP contribution in [0.4, 0.5) is 0 Å². The molecule has 0 spiro atoms. The average molecular weight is 224 g/mol. The van der Waals surface area contributed by atoms with Gasteiger partial charge in [0.1, 0.15) is 0 Å². The highest BCUT2D eigenvalue weighted by Crippen LogP contribution is 1.96. The number of hydrogen-bond acceptors (Lipinski definition) is 7. The summed E-state index contributed by atoms with van der Waals surface area (Å²) < 4.78 is 27.5. The molecule has 0 rings (SSSR count). The van der Waals surface area contributed by atoms with Gasteiger partial charge < -0.3 is 8.92 Å². The molecule has 7 nitrogen and oxygen atoms in total. The molecule has 0 aromatic carbocycles. The predicted octanol–water partition coefficient (Wildman–Crippen LogP) is -1.07. The van der Waals surface area contributed by atoms with Gasteiger partial charge in [-0.1, -0.05) is 0 Å². The van der Waals surface area contributed by atoms with Crippen LogP contribution in [0.3, 0.4) is 0 Å². The molecule has 0 atom stereocenters. The highest BCUT2D eigenvalue weighted by Gasteiger charge is 2.11. The Kier molecular flexibility index (Phi) is 5.46. The summed E-state index contributed by atoms with van der Waals surface area (Å²) in [5.74, 6) is -2.77. The summed E-state index contributed by atoms with van der Waals surface area (Å²) in [4.78, 5) is 31.4. The molecular formula is C6H8O7S. The van der Waals surface area contributed by atoms with Crippen LogP contribution < -0.4 is 0 Å². The maximum atomic E-state index is 10.6. The summed E-state index contributed by atoms with van der Waals surface area (Å²) in [6, 6.07) is 0. The van der Waals surface area contributed by atoms with E-state index in [-0.39, 0.29) is 0 Å². The van der Waals surface area contributed by atoms with Crippen molar-refractivity contribution in [2.24, 2.45) is 0 Å². The van der Waals surface area contributed by atoms with Gasteiger partial charge in [-0.2, -0.15) is 8.42 Å². The van der Waals surface area contributed by atoms with Crippen LogP contribution in [0.15, 0.2) is 0 Å². The fraction of sp³-hybridized carbons (Fsp3) is 0.500. The van der Waals surface area contributed by atoms with Crippen molar-refractivity contribution in [1.29, 1.82) is 0 Å². The Bertz CT molecular complexity index is 308. The minimum atomic E-state index is -3.26. The average Bonchev–Trinajstić information content (AvgIpc) is 1.98. The summed E-state index contributed by atoms with van der Waals surface area (Å²) in [5.41, 5.74) is 0. The van der Waals surface area contributed by atoms with Crippen molar-refractivity contribution >= 4 is 28.9 Å². The summed E-state index contributed by atoms with van der Waals surface area (Å²) >= 11 is 0. The van der Waals surface area contributed by atoms with E-state index in [4.69, 9.17) is 0 Å². The maximum Gasteiger partial charge on any atom is 0.322 e. The Morgan fingerprint density at radius 2 is 1.57 bits per heavy atom. The molecule has 0 aliphatic heterocycles. The van der Waals surface area contributed by atoms with E-state index < -0.39 is 41.7 Å². The Balaban J connectivity index is 3.77. The van der Waals surface area contributed by atoms with Crippen molar-refractivity contribution in [2.45, 2.75) is 19.8 Å². The fourth-order valence-electron chi connectivity index (χ4n) is 0.544. The Labute approximate surface area is 81.1 Å². The molecule has 0 aromatic rings. The summed E-state index contributed by atoms with van der Waals surface area (Å²) in [5, 5.41) is 0. The Morgan fingerprint density at radius 1 is 1.07 bits per heavy atom. The van der Waals surface area contributed by atoms with E-state index in [1.54, 1.807) is 0 Å². The van der Waals surface area contributed by atoms with Crippen molar-refractivity contribution in [1.82, 2.24) is 0 Å². The zero-order chi connectivity index (χ0) is 11.1. The van der Waals surface area contributed by atoms with Crippen molar-refractivity contribution in [3.8, 4) is 0 Å². The molecule has 0 radical (unpaired) electrons. The molecule has 14 heavy (non-hydrogen) atoms. The lowest BCUT2D eigenvalue weighted by atomic mass is 10.3. The first-order valence-electron chi connectivity index (χ1n) is 3.48. The minimum absolute atomic E-state index is 0.401. The fourth-order valence-corrected chi connectivity index (χ4v) is 0.802. The van der Waals surface area contributed by atoms with E-state index in [1.807, 2.05) is 0 Å². The Hall–Kier alpha value is -1.44. The van der Waals surface area contributed by atoms with Crippen molar-refractivity contribution in [2.75, 3.05) is 0 Å². The minimum Gasteiger partial charge on any atom is -0.393 e. The van der Waals surface area contributed by atoms with Crippen molar-refractivity contribution in [3.05, 3.63) is 0 Å². The van der Waals surface area contributed by atoms with Crippen LogP contribution in [0.5, 0.6) is 0 Å². The summed E-state index contributed by atoms with van der Waals surface area (Å²) in [6.45, 7) is 1.03. The van der Waals surface area contributed by atoms with Gasteiger partial charge in [-0.15, -0.1) is 0 Å². The standard InChI is InChI=1S/C6H8O7S/c1-4(7)12-5(8)2-3-6(9)13-14(10)11/h14H,2-3H2,1H3. The van der Waals surface area contributed by atoms with Crippen molar-refractivity contribution < 1.29 is 31.7 Å². The SMILES string of the molecule is CC(=O)OC(=O)CCC(=O)O[SH](=O)=O. The quantitative estimate of drug-likeness (QED) is 0.368. The van der Waals surface area contributed by atoms with E-state index in [1.165, 1.54) is 0 Å². The number of thiol groups is 1. The monoisotopic (exact) mass is 224 g/mol. The molecule has 0 bridgehead atoms. The lowest BCUT2D eigenvalue weighted by Gasteiger charge is -1.97. The highest BCUT2D eigenvalue weighted by atomic mass is 32.2. The molecule has 0 unspecified atom stereocenters. The topological polar surface area (TPSA) is 104 Å². The largest absolute Gasteiger partial charge is 0.393 e. The number of rotatable bonds is 4. The molecule has 0 saturated carbocycles. The van der Waals surface area contributed by atoms with Gasteiger partial charge in [-0.25, -0.2) is 0 Å². The van der Waals surface area contributed by atoms with Crippen LogP contribution in [-0.4, -0.2) is 26.3 Å². The van der Waals surface area contributed by atoms with Crippen LogP contribution >= 0.6 is 0 Å². The smallest absolute Gasteiger partial charge is 0.322 e. The van der Waals surface area contributed by atoms with Gasteiger partial charge in [0.15, 0.2) is 0 Å². The van der Waals surface area contributed by atoms with E-state index in [0.29, 0.717) is 0 Å². The number of hydrogen-bond donors (Lipinski definition) is 1. The number of carbonyl (C=O) groups is 3. The van der Waals surface area contributed by atoms with Gasteiger partial charge in [0.05, 0.1) is 12.8 Å². The molecule has 0 amide bonds. The zero-order valence-corrected chi connectivity index (χ0v) is 8.11. The molecular weight excluding hydrogens is 216 g/mol. The second kappa shape index (κ2) is 6.08.